The molecule has 0 bridgehead atoms. The number of nitrogens with one attached hydrogen (secondary N) is 2. The van der Waals surface area contributed by atoms with Crippen molar-refractivity contribution in [3.8, 4) is 23.0 Å². The van der Waals surface area contributed by atoms with E-state index >= 15 is 0 Å². The second-order valence-corrected chi connectivity index (χ2v) is 13.9. The van der Waals surface area contributed by atoms with Crippen molar-refractivity contribution in [2.75, 3.05) is 10.8 Å². The number of hydrogen-bond donors (Lipinski definition) is 4. The number of carbonyl (C=O) groups excluding carboxylic acids is 3. The Morgan fingerprint density at radius 1 is 0.438 bits per heavy atom. The van der Waals surface area contributed by atoms with E-state index < -0.39 is 29.8 Å². The predicted octanol–water partition coefficient (Wildman–Crippen LogP) is 10.2. The minimum Gasteiger partial charge on any atom is -0.478 e. The molecule has 0 aliphatic carbocycles. The van der Waals surface area contributed by atoms with Crippen LogP contribution in [-0.4, -0.2) is 40.0 Å². The minimum atomic E-state index is -1.33. The van der Waals surface area contributed by atoms with Crippen LogP contribution in [0.1, 0.15) is 68.5 Å². The summed E-state index contributed by atoms with van der Waals surface area (Å²) >= 11 is 0. The molecule has 7 aromatic carbocycles. The van der Waals surface area contributed by atoms with Crippen LogP contribution in [0.15, 0.2) is 170 Å². The van der Waals surface area contributed by atoms with Gasteiger partial charge in [-0.25, -0.2) is 19.2 Å². The van der Waals surface area contributed by atoms with Gasteiger partial charge in [-0.15, -0.1) is 0 Å². The summed E-state index contributed by atoms with van der Waals surface area (Å²) < 4.78 is 22.8. The monoisotopic (exact) mass is 858 g/mol. The van der Waals surface area contributed by atoms with E-state index in [1.165, 1.54) is 36.4 Å². The molecule has 1 amide bonds. The first-order chi connectivity index (χ1) is 31.1. The van der Waals surface area contributed by atoms with Gasteiger partial charge in [-0.2, -0.15) is 0 Å². The number of aromatic carboxylic acids is 2. The largest absolute Gasteiger partial charge is 0.478 e. The number of ether oxygens (including phenoxy) is 4. The topological polar surface area (TPSA) is 196 Å². The van der Waals surface area contributed by atoms with Gasteiger partial charge in [-0.05, 0) is 114 Å². The van der Waals surface area contributed by atoms with E-state index in [1.54, 1.807) is 84.9 Å². The number of carboxylic acids is 2. The van der Waals surface area contributed by atoms with Crippen LogP contribution in [0.2, 0.25) is 0 Å². The van der Waals surface area contributed by atoms with Crippen molar-refractivity contribution in [1.29, 1.82) is 0 Å². The van der Waals surface area contributed by atoms with Gasteiger partial charge in [0, 0.05) is 11.8 Å². The highest BCUT2D eigenvalue weighted by atomic mass is 16.6. The molecular formula is C50H38N2O12. The van der Waals surface area contributed by atoms with Crippen LogP contribution < -0.4 is 20.3 Å². The number of carboxylic acid groups (broad SMARTS) is 2. The van der Waals surface area contributed by atoms with Crippen molar-refractivity contribution in [3.05, 3.63) is 214 Å². The standard InChI is InChI=1S/C50H38N2O12/c53-46(45-27-35(15-25-44(45)48(56)57)50(59)61-30-33-10-5-2-6-11-33)51-37-16-20-39(21-17-37)63-41-12-7-13-42(28-41)64-40-22-18-38(19-23-40)52-62-31-36-26-34(14-24-43(36)47(54)55)49(58)60-29-32-8-3-1-4-9-32/h1-28,52H,29-31H2,(H,51,53)(H,54,55)(H,56,57). The molecule has 0 saturated heterocycles. The lowest BCUT2D eigenvalue weighted by atomic mass is 10.0. The maximum Gasteiger partial charge on any atom is 0.338 e. The van der Waals surface area contributed by atoms with Gasteiger partial charge in [0.05, 0.1) is 33.5 Å². The first-order valence-corrected chi connectivity index (χ1v) is 19.6. The number of rotatable bonds is 18. The maximum absolute atomic E-state index is 13.3. The van der Waals surface area contributed by atoms with E-state index in [-0.39, 0.29) is 53.2 Å². The highest BCUT2D eigenvalue weighted by molar-refractivity contribution is 6.12. The summed E-state index contributed by atoms with van der Waals surface area (Å²) in [5.41, 5.74) is 5.24. The molecule has 0 unspecified atom stereocenters. The Balaban J connectivity index is 0.907. The normalized spacial score (nSPS) is 10.6. The summed E-state index contributed by atoms with van der Waals surface area (Å²) in [6, 6.07) is 46.2. The van der Waals surface area contributed by atoms with Crippen LogP contribution in [0, 0.1) is 0 Å². The SMILES string of the molecule is O=C(OCc1ccccc1)c1ccc(C(=O)O)c(CONc2ccc(Oc3cccc(Oc4ccc(NC(=O)c5cc(C(=O)OCc6ccccc6)ccc5C(=O)O)cc4)c3)cc2)c1. The van der Waals surface area contributed by atoms with E-state index in [1.807, 2.05) is 48.5 Å². The molecule has 4 N–H and O–H groups in total. The summed E-state index contributed by atoms with van der Waals surface area (Å²) in [6.07, 6.45) is 0. The van der Waals surface area contributed by atoms with Crippen LogP contribution in [0.5, 0.6) is 23.0 Å². The molecule has 14 heteroatoms. The van der Waals surface area contributed by atoms with Crippen LogP contribution >= 0.6 is 0 Å². The van der Waals surface area contributed by atoms with Crippen molar-refractivity contribution in [3.63, 3.8) is 0 Å². The molecule has 7 rings (SSSR count). The van der Waals surface area contributed by atoms with Crippen molar-refractivity contribution in [2.45, 2.75) is 19.8 Å². The van der Waals surface area contributed by atoms with Crippen LogP contribution in [-0.2, 0) is 34.1 Å². The fraction of sp³-hybridized carbons (Fsp3) is 0.0600. The van der Waals surface area contributed by atoms with Gasteiger partial charge in [-0.1, -0.05) is 66.7 Å². The molecule has 14 nitrogen and oxygen atoms in total. The molecule has 320 valence electrons. The van der Waals surface area contributed by atoms with Gasteiger partial charge in [0.25, 0.3) is 5.91 Å². The van der Waals surface area contributed by atoms with Crippen molar-refractivity contribution in [2.24, 2.45) is 0 Å². The van der Waals surface area contributed by atoms with Crippen molar-refractivity contribution >= 4 is 41.2 Å². The van der Waals surface area contributed by atoms with Crippen LogP contribution in [0.4, 0.5) is 11.4 Å². The lowest BCUT2D eigenvalue weighted by molar-refractivity contribution is 0.0463. The fourth-order valence-electron chi connectivity index (χ4n) is 6.17. The molecule has 0 aliphatic heterocycles. The molecule has 7 aromatic rings. The molecule has 64 heavy (non-hydrogen) atoms. The van der Waals surface area contributed by atoms with E-state index in [9.17, 15) is 34.2 Å². The Morgan fingerprint density at radius 2 is 0.938 bits per heavy atom. The minimum absolute atomic E-state index is 0.00980. The zero-order valence-electron chi connectivity index (χ0n) is 33.8. The second kappa shape index (κ2) is 20.7. The Kier molecular flexibility index (Phi) is 14.0. The Bertz CT molecular complexity index is 2780. The zero-order chi connectivity index (χ0) is 44.8. The Hall–Kier alpha value is -8.75. The highest BCUT2D eigenvalue weighted by Gasteiger charge is 2.21. The third-order valence-corrected chi connectivity index (χ3v) is 9.39. The van der Waals surface area contributed by atoms with Gasteiger partial charge in [0.2, 0.25) is 0 Å². The molecule has 0 aromatic heterocycles. The quantitative estimate of drug-likeness (QED) is 0.0470. The number of hydrogen-bond acceptors (Lipinski definition) is 11. The Labute approximate surface area is 366 Å². The molecular weight excluding hydrogens is 821 g/mol. The summed E-state index contributed by atoms with van der Waals surface area (Å²) in [4.78, 5) is 68.1. The van der Waals surface area contributed by atoms with Gasteiger partial charge in [-0.3, -0.25) is 15.1 Å². The average Bonchev–Trinajstić information content (AvgIpc) is 3.31. The first-order valence-electron chi connectivity index (χ1n) is 19.6. The molecule has 0 saturated carbocycles. The van der Waals surface area contributed by atoms with Gasteiger partial charge >= 0.3 is 23.9 Å². The van der Waals surface area contributed by atoms with E-state index in [0.29, 0.717) is 34.4 Å². The molecule has 0 radical (unpaired) electrons. The lowest BCUT2D eigenvalue weighted by Crippen LogP contribution is -2.18. The fourth-order valence-corrected chi connectivity index (χ4v) is 6.17. The molecule has 0 aliphatic rings. The second-order valence-electron chi connectivity index (χ2n) is 13.9. The van der Waals surface area contributed by atoms with Crippen LogP contribution in [0.3, 0.4) is 0 Å². The van der Waals surface area contributed by atoms with E-state index in [2.05, 4.69) is 10.8 Å². The predicted molar refractivity (Wildman–Crippen MR) is 234 cm³/mol. The average molecular weight is 859 g/mol. The summed E-state index contributed by atoms with van der Waals surface area (Å²) in [5, 5.41) is 22.1. The van der Waals surface area contributed by atoms with Crippen molar-refractivity contribution in [1.82, 2.24) is 0 Å². The third kappa shape index (κ3) is 11.7. The Morgan fingerprint density at radius 3 is 1.47 bits per heavy atom. The summed E-state index contributed by atoms with van der Waals surface area (Å²) in [5.74, 6) is -2.68. The van der Waals surface area contributed by atoms with E-state index in [0.717, 1.165) is 11.1 Å². The van der Waals surface area contributed by atoms with Crippen molar-refractivity contribution < 1.29 is 58.0 Å². The van der Waals surface area contributed by atoms with E-state index in [4.69, 9.17) is 23.8 Å². The van der Waals surface area contributed by atoms with Gasteiger partial charge in [0.1, 0.15) is 42.8 Å². The summed E-state index contributed by atoms with van der Waals surface area (Å²) in [6.45, 7) is -0.0816. The number of carbonyl (C=O) groups is 5. The zero-order valence-corrected chi connectivity index (χ0v) is 33.8. The smallest absolute Gasteiger partial charge is 0.338 e. The third-order valence-electron chi connectivity index (χ3n) is 9.39. The number of amides is 1. The first kappa shape index (κ1) is 43.3. The molecule has 0 fully saturated rings. The number of esters is 2. The highest BCUT2D eigenvalue weighted by Crippen LogP contribution is 2.30. The lowest BCUT2D eigenvalue weighted by Gasteiger charge is -2.12. The molecule has 0 spiro atoms. The van der Waals surface area contributed by atoms with Gasteiger partial charge in [0.15, 0.2) is 0 Å². The maximum atomic E-state index is 13.3. The van der Waals surface area contributed by atoms with Gasteiger partial charge < -0.3 is 34.5 Å². The molecule has 0 atom stereocenters. The molecule has 0 heterocycles. The number of benzene rings is 7. The number of anilines is 2. The van der Waals surface area contributed by atoms with Crippen LogP contribution in [0.25, 0.3) is 0 Å². The summed E-state index contributed by atoms with van der Waals surface area (Å²) in [7, 11) is 0.